The number of para-hydroxylation sites is 1. The standard InChI is InChI=1S/C21H11ClFN3OS/c22-16-10-13(25-20(27)15-7-5-12(11-24)9-17(15)23)6-8-14(16)21-26-18-3-1-2-4-19(18)28-21/h1-10H,(H,25,27). The number of carbonyl (C=O) groups is 1. The average molecular weight is 408 g/mol. The maximum absolute atomic E-state index is 14.0. The molecule has 4 rings (SSSR count). The van der Waals surface area contributed by atoms with Gasteiger partial charge in [0.2, 0.25) is 0 Å². The van der Waals surface area contributed by atoms with Crippen LogP contribution in [0.1, 0.15) is 15.9 Å². The van der Waals surface area contributed by atoms with Gasteiger partial charge in [0.25, 0.3) is 5.91 Å². The Bertz CT molecular complexity index is 1230. The third-order valence-electron chi connectivity index (χ3n) is 4.09. The number of thiazole rings is 1. The number of aromatic nitrogens is 1. The van der Waals surface area contributed by atoms with Gasteiger partial charge in [0.05, 0.1) is 32.4 Å². The topological polar surface area (TPSA) is 65.8 Å². The first-order chi connectivity index (χ1) is 13.5. The van der Waals surface area contributed by atoms with Crippen LogP contribution < -0.4 is 5.32 Å². The molecule has 0 aliphatic carbocycles. The van der Waals surface area contributed by atoms with Crippen LogP contribution in [-0.4, -0.2) is 10.9 Å². The Balaban J connectivity index is 1.59. The predicted octanol–water partition coefficient (Wildman–Crippen LogP) is 5.88. The number of nitriles is 1. The van der Waals surface area contributed by atoms with Crippen molar-refractivity contribution in [3.8, 4) is 16.6 Å². The van der Waals surface area contributed by atoms with Crippen molar-refractivity contribution in [2.24, 2.45) is 0 Å². The van der Waals surface area contributed by atoms with Crippen LogP contribution >= 0.6 is 22.9 Å². The molecule has 28 heavy (non-hydrogen) atoms. The van der Waals surface area contributed by atoms with Crippen LogP contribution in [0.15, 0.2) is 60.7 Å². The number of benzene rings is 3. The summed E-state index contributed by atoms with van der Waals surface area (Å²) in [6, 6.07) is 18.4. The molecule has 0 bridgehead atoms. The van der Waals surface area contributed by atoms with Crippen molar-refractivity contribution < 1.29 is 9.18 Å². The summed E-state index contributed by atoms with van der Waals surface area (Å²) in [5.74, 6) is -1.38. The second kappa shape index (κ2) is 7.39. The van der Waals surface area contributed by atoms with E-state index in [1.54, 1.807) is 18.2 Å². The van der Waals surface area contributed by atoms with Crippen LogP contribution in [0, 0.1) is 17.1 Å². The number of rotatable bonds is 3. The minimum Gasteiger partial charge on any atom is -0.322 e. The van der Waals surface area contributed by atoms with Crippen molar-refractivity contribution in [3.05, 3.63) is 82.6 Å². The monoisotopic (exact) mass is 407 g/mol. The van der Waals surface area contributed by atoms with E-state index in [2.05, 4.69) is 10.3 Å². The maximum Gasteiger partial charge on any atom is 0.258 e. The summed E-state index contributed by atoms with van der Waals surface area (Å²) >= 11 is 7.92. The zero-order valence-corrected chi connectivity index (χ0v) is 15.8. The maximum atomic E-state index is 14.0. The summed E-state index contributed by atoms with van der Waals surface area (Å²) in [6.07, 6.45) is 0. The lowest BCUT2D eigenvalue weighted by Crippen LogP contribution is -2.13. The summed E-state index contributed by atoms with van der Waals surface area (Å²) < 4.78 is 15.1. The largest absolute Gasteiger partial charge is 0.322 e. The quantitative estimate of drug-likeness (QED) is 0.461. The van der Waals surface area contributed by atoms with Crippen LogP contribution in [-0.2, 0) is 0 Å². The Morgan fingerprint density at radius 1 is 1.14 bits per heavy atom. The molecule has 0 fully saturated rings. The van der Waals surface area contributed by atoms with E-state index in [0.29, 0.717) is 10.7 Å². The molecule has 0 saturated carbocycles. The number of hydrogen-bond donors (Lipinski definition) is 1. The van der Waals surface area contributed by atoms with Crippen LogP contribution in [0.3, 0.4) is 0 Å². The summed E-state index contributed by atoms with van der Waals surface area (Å²) in [5, 5.41) is 12.6. The molecule has 1 heterocycles. The Morgan fingerprint density at radius 2 is 1.96 bits per heavy atom. The SMILES string of the molecule is N#Cc1ccc(C(=O)Nc2ccc(-c3nc4ccccc4s3)c(Cl)c2)c(F)c1. The molecule has 1 aromatic heterocycles. The van der Waals surface area contributed by atoms with Gasteiger partial charge in [-0.1, -0.05) is 23.7 Å². The van der Waals surface area contributed by atoms with Gasteiger partial charge in [-0.2, -0.15) is 5.26 Å². The van der Waals surface area contributed by atoms with Gasteiger partial charge in [-0.15, -0.1) is 11.3 Å². The van der Waals surface area contributed by atoms with E-state index in [-0.39, 0.29) is 11.1 Å². The number of carbonyl (C=O) groups excluding carboxylic acids is 1. The first-order valence-corrected chi connectivity index (χ1v) is 9.41. The minimum atomic E-state index is -0.756. The molecule has 0 aliphatic rings. The Hall–Kier alpha value is -3.27. The number of anilines is 1. The lowest BCUT2D eigenvalue weighted by Gasteiger charge is -2.08. The molecule has 3 aromatic carbocycles. The van der Waals surface area contributed by atoms with Crippen molar-refractivity contribution in [2.75, 3.05) is 5.32 Å². The normalized spacial score (nSPS) is 10.6. The molecule has 1 N–H and O–H groups in total. The van der Waals surface area contributed by atoms with E-state index in [1.807, 2.05) is 30.3 Å². The number of fused-ring (bicyclic) bond motifs is 1. The Morgan fingerprint density at radius 3 is 2.68 bits per heavy atom. The average Bonchev–Trinajstić information content (AvgIpc) is 3.11. The van der Waals surface area contributed by atoms with E-state index in [4.69, 9.17) is 16.9 Å². The molecule has 0 radical (unpaired) electrons. The van der Waals surface area contributed by atoms with Gasteiger partial charge >= 0.3 is 0 Å². The number of nitrogens with one attached hydrogen (secondary N) is 1. The van der Waals surface area contributed by atoms with Crippen LogP contribution in [0.2, 0.25) is 5.02 Å². The lowest BCUT2D eigenvalue weighted by atomic mass is 10.1. The van der Waals surface area contributed by atoms with E-state index in [1.165, 1.54) is 23.5 Å². The predicted molar refractivity (Wildman–Crippen MR) is 109 cm³/mol. The third kappa shape index (κ3) is 3.46. The fraction of sp³-hybridized carbons (Fsp3) is 0. The van der Waals surface area contributed by atoms with Gasteiger partial charge in [0.15, 0.2) is 0 Å². The minimum absolute atomic E-state index is 0.148. The zero-order valence-electron chi connectivity index (χ0n) is 14.2. The number of nitrogens with zero attached hydrogens (tertiary/aromatic N) is 2. The van der Waals surface area contributed by atoms with E-state index >= 15 is 0 Å². The molecule has 0 atom stereocenters. The van der Waals surface area contributed by atoms with Crippen molar-refractivity contribution in [1.29, 1.82) is 5.26 Å². The fourth-order valence-corrected chi connectivity index (χ4v) is 4.05. The Labute approximate surface area is 168 Å². The highest BCUT2D eigenvalue weighted by atomic mass is 35.5. The van der Waals surface area contributed by atoms with E-state index in [0.717, 1.165) is 26.9 Å². The summed E-state index contributed by atoms with van der Waals surface area (Å²) in [4.78, 5) is 16.9. The highest BCUT2D eigenvalue weighted by Crippen LogP contribution is 2.35. The fourth-order valence-electron chi connectivity index (χ4n) is 2.72. The Kier molecular flexibility index (Phi) is 4.78. The van der Waals surface area contributed by atoms with E-state index in [9.17, 15) is 9.18 Å². The molecule has 0 spiro atoms. The lowest BCUT2D eigenvalue weighted by molar-refractivity contribution is 0.102. The van der Waals surface area contributed by atoms with Crippen LogP contribution in [0.5, 0.6) is 0 Å². The first-order valence-electron chi connectivity index (χ1n) is 8.21. The molecule has 0 aliphatic heterocycles. The summed E-state index contributed by atoms with van der Waals surface area (Å²) in [6.45, 7) is 0. The van der Waals surface area contributed by atoms with Crippen LogP contribution in [0.25, 0.3) is 20.8 Å². The second-order valence-corrected chi connectivity index (χ2v) is 7.38. The first kappa shape index (κ1) is 18.1. The highest BCUT2D eigenvalue weighted by molar-refractivity contribution is 7.21. The van der Waals surface area contributed by atoms with Gasteiger partial charge in [0.1, 0.15) is 10.8 Å². The van der Waals surface area contributed by atoms with Gasteiger partial charge < -0.3 is 5.32 Å². The highest BCUT2D eigenvalue weighted by Gasteiger charge is 2.15. The van der Waals surface area contributed by atoms with Crippen molar-refractivity contribution >= 4 is 44.7 Å². The molecule has 1 amide bonds. The molecule has 4 nitrogen and oxygen atoms in total. The molecule has 7 heteroatoms. The molecular weight excluding hydrogens is 397 g/mol. The second-order valence-electron chi connectivity index (χ2n) is 5.94. The van der Waals surface area contributed by atoms with E-state index < -0.39 is 11.7 Å². The smallest absolute Gasteiger partial charge is 0.258 e. The van der Waals surface area contributed by atoms with Gasteiger partial charge in [-0.3, -0.25) is 4.79 Å². The third-order valence-corrected chi connectivity index (χ3v) is 5.48. The number of hydrogen-bond acceptors (Lipinski definition) is 4. The molecule has 0 unspecified atom stereocenters. The van der Waals surface area contributed by atoms with Crippen LogP contribution in [0.4, 0.5) is 10.1 Å². The molecule has 136 valence electrons. The van der Waals surface area contributed by atoms with Crippen molar-refractivity contribution in [1.82, 2.24) is 4.98 Å². The van der Waals surface area contributed by atoms with Gasteiger partial charge in [-0.25, -0.2) is 9.37 Å². The van der Waals surface area contributed by atoms with Gasteiger partial charge in [0, 0.05) is 11.3 Å². The van der Waals surface area contributed by atoms with Crippen molar-refractivity contribution in [2.45, 2.75) is 0 Å². The van der Waals surface area contributed by atoms with Crippen molar-refractivity contribution in [3.63, 3.8) is 0 Å². The molecular formula is C21H11ClFN3OS. The molecule has 0 saturated heterocycles. The number of halogens is 2. The molecule has 4 aromatic rings. The number of amides is 1. The summed E-state index contributed by atoms with van der Waals surface area (Å²) in [5.41, 5.74) is 2.09. The zero-order chi connectivity index (χ0) is 19.7. The summed E-state index contributed by atoms with van der Waals surface area (Å²) in [7, 11) is 0. The van der Waals surface area contributed by atoms with Gasteiger partial charge in [-0.05, 0) is 48.5 Å².